The van der Waals surface area contributed by atoms with Crippen molar-refractivity contribution in [1.29, 1.82) is 0 Å². The Hall–Kier alpha value is -1.59. The molecule has 5 heteroatoms. The summed E-state index contributed by atoms with van der Waals surface area (Å²) in [6.07, 6.45) is 5.09. The van der Waals surface area contributed by atoms with Crippen molar-refractivity contribution in [2.24, 2.45) is 5.73 Å². The van der Waals surface area contributed by atoms with Crippen LogP contribution in [0.2, 0.25) is 0 Å². The van der Waals surface area contributed by atoms with E-state index >= 15 is 0 Å². The lowest BCUT2D eigenvalue weighted by Crippen LogP contribution is -2.09. The van der Waals surface area contributed by atoms with Gasteiger partial charge in [0.1, 0.15) is 10.8 Å². The number of methoxy groups -OCH3 is 1. The molecule has 0 aliphatic heterocycles. The molecule has 0 radical (unpaired) electrons. The fourth-order valence-corrected chi connectivity index (χ4v) is 2.49. The van der Waals surface area contributed by atoms with Gasteiger partial charge in [-0.1, -0.05) is 23.9 Å². The van der Waals surface area contributed by atoms with E-state index < -0.39 is 0 Å². The minimum Gasteiger partial charge on any atom is -0.497 e. The largest absolute Gasteiger partial charge is 0.497 e. The van der Waals surface area contributed by atoms with Gasteiger partial charge in [0.05, 0.1) is 13.3 Å². The van der Waals surface area contributed by atoms with Crippen molar-refractivity contribution in [3.63, 3.8) is 0 Å². The smallest absolute Gasteiger partial charge is 0.118 e. The Morgan fingerprint density at radius 2 is 2.06 bits per heavy atom. The Kier molecular flexibility index (Phi) is 4.55. The summed E-state index contributed by atoms with van der Waals surface area (Å²) in [5.41, 5.74) is 6.98. The average molecular weight is 261 g/mol. The second-order valence-electron chi connectivity index (χ2n) is 3.66. The lowest BCUT2D eigenvalue weighted by Gasteiger charge is -2.14. The molecule has 2 rings (SSSR count). The van der Waals surface area contributed by atoms with Gasteiger partial charge < -0.3 is 10.5 Å². The molecule has 2 N–H and O–H groups in total. The van der Waals surface area contributed by atoms with Crippen molar-refractivity contribution >= 4 is 11.8 Å². The molecule has 18 heavy (non-hydrogen) atoms. The maximum atomic E-state index is 5.82. The van der Waals surface area contributed by atoms with Gasteiger partial charge in [0, 0.05) is 24.2 Å². The predicted octanol–water partition coefficient (Wildman–Crippen LogP) is 2.28. The predicted molar refractivity (Wildman–Crippen MR) is 72.7 cm³/mol. The van der Waals surface area contributed by atoms with E-state index in [1.165, 1.54) is 0 Å². The standard InChI is InChI=1S/C13H15N3OS/c1-17-11-4-2-10(3-5-11)12(8-14)18-13-9-15-6-7-16-13/h2-7,9,12H,8,14H2,1H3. The molecule has 0 bridgehead atoms. The van der Waals surface area contributed by atoms with Crippen LogP contribution in [0.15, 0.2) is 47.9 Å². The Morgan fingerprint density at radius 1 is 1.28 bits per heavy atom. The highest BCUT2D eigenvalue weighted by atomic mass is 32.2. The summed E-state index contributed by atoms with van der Waals surface area (Å²) in [6.45, 7) is 0.549. The molecule has 0 aliphatic carbocycles. The molecule has 1 atom stereocenters. The molecule has 1 heterocycles. The van der Waals surface area contributed by atoms with Crippen molar-refractivity contribution in [2.45, 2.75) is 10.3 Å². The van der Waals surface area contributed by atoms with Crippen molar-refractivity contribution in [1.82, 2.24) is 9.97 Å². The monoisotopic (exact) mass is 261 g/mol. The Morgan fingerprint density at radius 3 is 2.61 bits per heavy atom. The van der Waals surface area contributed by atoms with Crippen LogP contribution < -0.4 is 10.5 Å². The highest BCUT2D eigenvalue weighted by Gasteiger charge is 2.12. The Bertz CT molecular complexity index is 475. The summed E-state index contributed by atoms with van der Waals surface area (Å²) >= 11 is 1.62. The van der Waals surface area contributed by atoms with Gasteiger partial charge in [-0.2, -0.15) is 0 Å². The minimum atomic E-state index is 0.174. The van der Waals surface area contributed by atoms with E-state index in [0.29, 0.717) is 6.54 Å². The quantitative estimate of drug-likeness (QED) is 0.837. The fourth-order valence-electron chi connectivity index (χ4n) is 1.56. The number of thioether (sulfide) groups is 1. The van der Waals surface area contributed by atoms with Crippen LogP contribution in [0.1, 0.15) is 10.8 Å². The zero-order valence-electron chi connectivity index (χ0n) is 10.1. The number of nitrogens with zero attached hydrogens (tertiary/aromatic N) is 2. The average Bonchev–Trinajstić information content (AvgIpc) is 2.46. The molecule has 0 saturated heterocycles. The maximum absolute atomic E-state index is 5.82. The number of hydrogen-bond acceptors (Lipinski definition) is 5. The number of nitrogens with two attached hydrogens (primary N) is 1. The van der Waals surface area contributed by atoms with Crippen LogP contribution in [0.3, 0.4) is 0 Å². The normalized spacial score (nSPS) is 12.1. The van der Waals surface area contributed by atoms with E-state index in [1.54, 1.807) is 37.5 Å². The van der Waals surface area contributed by atoms with E-state index in [1.807, 2.05) is 24.3 Å². The third-order valence-corrected chi connectivity index (χ3v) is 3.71. The molecule has 1 unspecified atom stereocenters. The molecule has 0 aliphatic rings. The fraction of sp³-hybridized carbons (Fsp3) is 0.231. The second kappa shape index (κ2) is 6.37. The maximum Gasteiger partial charge on any atom is 0.118 e. The molecule has 4 nitrogen and oxygen atoms in total. The Balaban J connectivity index is 2.12. The number of aromatic nitrogens is 2. The molecular weight excluding hydrogens is 246 g/mol. The highest BCUT2D eigenvalue weighted by molar-refractivity contribution is 7.99. The molecule has 0 fully saturated rings. The lowest BCUT2D eigenvalue weighted by molar-refractivity contribution is 0.414. The number of hydrogen-bond donors (Lipinski definition) is 1. The summed E-state index contributed by atoms with van der Waals surface area (Å²) < 4.78 is 5.14. The molecule has 0 amide bonds. The third kappa shape index (κ3) is 3.21. The SMILES string of the molecule is COc1ccc(C(CN)Sc2cnccn2)cc1. The van der Waals surface area contributed by atoms with Crippen LogP contribution in [-0.2, 0) is 0 Å². The molecule has 0 spiro atoms. The first-order chi connectivity index (χ1) is 8.83. The van der Waals surface area contributed by atoms with E-state index in [-0.39, 0.29) is 5.25 Å². The highest BCUT2D eigenvalue weighted by Crippen LogP contribution is 2.33. The van der Waals surface area contributed by atoms with Crippen molar-refractivity contribution in [3.05, 3.63) is 48.4 Å². The molecule has 0 saturated carbocycles. The van der Waals surface area contributed by atoms with Gasteiger partial charge in [0.25, 0.3) is 0 Å². The van der Waals surface area contributed by atoms with E-state index in [0.717, 1.165) is 16.3 Å². The van der Waals surface area contributed by atoms with Crippen molar-refractivity contribution < 1.29 is 4.74 Å². The van der Waals surface area contributed by atoms with E-state index in [4.69, 9.17) is 10.5 Å². The van der Waals surface area contributed by atoms with Gasteiger partial charge in [-0.25, -0.2) is 4.98 Å². The van der Waals surface area contributed by atoms with Crippen LogP contribution in [0, 0.1) is 0 Å². The Labute approximate surface area is 111 Å². The number of rotatable bonds is 5. The second-order valence-corrected chi connectivity index (χ2v) is 4.88. The van der Waals surface area contributed by atoms with Crippen LogP contribution in [0.4, 0.5) is 0 Å². The van der Waals surface area contributed by atoms with Crippen molar-refractivity contribution in [2.75, 3.05) is 13.7 Å². The summed E-state index contributed by atoms with van der Waals surface area (Å²) in [5.74, 6) is 0.846. The molecule has 94 valence electrons. The summed E-state index contributed by atoms with van der Waals surface area (Å²) in [6, 6.07) is 7.93. The molecule has 2 aromatic rings. The first-order valence-corrected chi connectivity index (χ1v) is 6.48. The first kappa shape index (κ1) is 12.9. The number of benzene rings is 1. The van der Waals surface area contributed by atoms with Gasteiger partial charge in [-0.05, 0) is 17.7 Å². The van der Waals surface area contributed by atoms with Crippen molar-refractivity contribution in [3.8, 4) is 5.75 Å². The zero-order chi connectivity index (χ0) is 12.8. The van der Waals surface area contributed by atoms with Crippen LogP contribution in [-0.4, -0.2) is 23.6 Å². The van der Waals surface area contributed by atoms with Gasteiger partial charge in [-0.3, -0.25) is 4.98 Å². The van der Waals surface area contributed by atoms with Crippen LogP contribution >= 0.6 is 11.8 Å². The number of ether oxygens (including phenoxy) is 1. The summed E-state index contributed by atoms with van der Waals surface area (Å²) in [5, 5.41) is 1.05. The van der Waals surface area contributed by atoms with Gasteiger partial charge in [0.15, 0.2) is 0 Å². The lowest BCUT2D eigenvalue weighted by atomic mass is 10.1. The van der Waals surface area contributed by atoms with E-state index in [9.17, 15) is 0 Å². The third-order valence-electron chi connectivity index (χ3n) is 2.50. The molecule has 1 aromatic heterocycles. The van der Waals surface area contributed by atoms with Crippen LogP contribution in [0.25, 0.3) is 0 Å². The van der Waals surface area contributed by atoms with Gasteiger partial charge in [-0.15, -0.1) is 0 Å². The molecule has 1 aromatic carbocycles. The van der Waals surface area contributed by atoms with Gasteiger partial charge >= 0.3 is 0 Å². The summed E-state index contributed by atoms with van der Waals surface area (Å²) in [4.78, 5) is 8.29. The topological polar surface area (TPSA) is 61.0 Å². The molecular formula is C13H15N3OS. The van der Waals surface area contributed by atoms with Crippen LogP contribution in [0.5, 0.6) is 5.75 Å². The van der Waals surface area contributed by atoms with E-state index in [2.05, 4.69) is 9.97 Å². The first-order valence-electron chi connectivity index (χ1n) is 5.60. The summed E-state index contributed by atoms with van der Waals surface area (Å²) in [7, 11) is 1.66. The minimum absolute atomic E-state index is 0.174. The zero-order valence-corrected chi connectivity index (χ0v) is 10.9. The van der Waals surface area contributed by atoms with Gasteiger partial charge in [0.2, 0.25) is 0 Å².